The van der Waals surface area contributed by atoms with Gasteiger partial charge in [-0.15, -0.1) is 0 Å². The van der Waals surface area contributed by atoms with Crippen molar-refractivity contribution in [2.24, 2.45) is 11.3 Å². The Hall–Kier alpha value is -1.06. The van der Waals surface area contributed by atoms with Gasteiger partial charge in [0.15, 0.2) is 0 Å². The molecule has 1 unspecified atom stereocenters. The van der Waals surface area contributed by atoms with E-state index in [-0.39, 0.29) is 17.7 Å². The van der Waals surface area contributed by atoms with Crippen LogP contribution in [0.25, 0.3) is 0 Å². The first kappa shape index (κ1) is 15.0. The molecule has 1 aliphatic rings. The molecule has 104 valence electrons. The van der Waals surface area contributed by atoms with Crippen molar-refractivity contribution in [1.82, 2.24) is 4.90 Å². The summed E-state index contributed by atoms with van der Waals surface area (Å²) in [6.45, 7) is 8.19. The highest BCUT2D eigenvalue weighted by Gasteiger charge is 2.36. The van der Waals surface area contributed by atoms with E-state index in [4.69, 9.17) is 5.11 Å². The van der Waals surface area contributed by atoms with Gasteiger partial charge in [-0.2, -0.15) is 0 Å². The molecule has 1 fully saturated rings. The molecule has 0 aromatic heterocycles. The molecule has 4 heteroatoms. The Labute approximate surface area is 109 Å². The Morgan fingerprint density at radius 1 is 1.33 bits per heavy atom. The van der Waals surface area contributed by atoms with Crippen LogP contribution in [0.4, 0.5) is 0 Å². The molecule has 4 nitrogen and oxygen atoms in total. The molecule has 0 bridgehead atoms. The minimum Gasteiger partial charge on any atom is -0.481 e. The second-order valence-corrected chi connectivity index (χ2v) is 6.31. The van der Waals surface area contributed by atoms with Crippen molar-refractivity contribution in [2.45, 2.75) is 52.9 Å². The summed E-state index contributed by atoms with van der Waals surface area (Å²) in [5.41, 5.74) is 0.188. The van der Waals surface area contributed by atoms with E-state index in [0.717, 1.165) is 25.9 Å². The molecule has 0 radical (unpaired) electrons. The summed E-state index contributed by atoms with van der Waals surface area (Å²) in [6.07, 6.45) is 3.41. The zero-order valence-electron chi connectivity index (χ0n) is 11.7. The molecule has 18 heavy (non-hydrogen) atoms. The van der Waals surface area contributed by atoms with Crippen LogP contribution in [0.2, 0.25) is 0 Å². The molecule has 1 atom stereocenters. The van der Waals surface area contributed by atoms with Gasteiger partial charge >= 0.3 is 5.97 Å². The highest BCUT2D eigenvalue weighted by atomic mass is 16.4. The minimum atomic E-state index is -0.736. The lowest BCUT2D eigenvalue weighted by molar-refractivity contribution is -0.137. The van der Waals surface area contributed by atoms with Gasteiger partial charge in [0.25, 0.3) is 0 Å². The van der Waals surface area contributed by atoms with Gasteiger partial charge in [-0.3, -0.25) is 9.59 Å². The first-order chi connectivity index (χ1) is 8.30. The molecule has 0 aromatic carbocycles. The molecule has 1 N–H and O–H groups in total. The number of nitrogens with zero attached hydrogens (tertiary/aromatic N) is 1. The topological polar surface area (TPSA) is 57.6 Å². The predicted octanol–water partition coefficient (Wildman–Crippen LogP) is 2.53. The van der Waals surface area contributed by atoms with Crippen LogP contribution in [0, 0.1) is 11.3 Å². The number of carbonyl (C=O) groups is 2. The van der Waals surface area contributed by atoms with Gasteiger partial charge in [-0.05, 0) is 24.2 Å². The maximum atomic E-state index is 11.8. The summed E-state index contributed by atoms with van der Waals surface area (Å²) in [4.78, 5) is 24.1. The molecule has 0 saturated carbocycles. The molecule has 1 aliphatic heterocycles. The van der Waals surface area contributed by atoms with Crippen molar-refractivity contribution in [3.8, 4) is 0 Å². The molecule has 0 aromatic rings. The van der Waals surface area contributed by atoms with Crippen molar-refractivity contribution in [3.63, 3.8) is 0 Å². The van der Waals surface area contributed by atoms with Crippen molar-refractivity contribution >= 4 is 11.9 Å². The van der Waals surface area contributed by atoms with Gasteiger partial charge in [0.05, 0.1) is 0 Å². The number of hydrogen-bond acceptors (Lipinski definition) is 2. The summed E-state index contributed by atoms with van der Waals surface area (Å²) < 4.78 is 0. The van der Waals surface area contributed by atoms with Crippen molar-refractivity contribution < 1.29 is 14.7 Å². The standard InChI is InChI=1S/C14H25NO3/c1-14(2,3)11-9-12(16)15(10-11)8-6-4-5-7-13(17)18/h11H,4-10H2,1-3H3,(H,17,18). The second kappa shape index (κ2) is 6.21. The van der Waals surface area contributed by atoms with Crippen LogP contribution in [0.3, 0.4) is 0 Å². The fourth-order valence-electron chi connectivity index (χ4n) is 2.32. The Balaban J connectivity index is 2.23. The van der Waals surface area contributed by atoms with Gasteiger partial charge in [-0.25, -0.2) is 0 Å². The molecule has 0 spiro atoms. The Morgan fingerprint density at radius 2 is 2.00 bits per heavy atom. The number of likely N-dealkylation sites (tertiary alicyclic amines) is 1. The molecular weight excluding hydrogens is 230 g/mol. The smallest absolute Gasteiger partial charge is 0.303 e. The van der Waals surface area contributed by atoms with E-state index < -0.39 is 5.97 Å². The summed E-state index contributed by atoms with van der Waals surface area (Å²) in [7, 11) is 0. The van der Waals surface area contributed by atoms with Crippen LogP contribution < -0.4 is 0 Å². The first-order valence-electron chi connectivity index (χ1n) is 6.80. The van der Waals surface area contributed by atoms with E-state index in [2.05, 4.69) is 20.8 Å². The third-order valence-corrected chi connectivity index (χ3v) is 3.76. The number of hydrogen-bond donors (Lipinski definition) is 1. The summed E-state index contributed by atoms with van der Waals surface area (Å²) >= 11 is 0. The fourth-order valence-corrected chi connectivity index (χ4v) is 2.32. The van der Waals surface area contributed by atoms with E-state index in [1.165, 1.54) is 0 Å². The predicted molar refractivity (Wildman–Crippen MR) is 70.2 cm³/mol. The van der Waals surface area contributed by atoms with Crippen LogP contribution in [-0.2, 0) is 9.59 Å². The van der Waals surface area contributed by atoms with Crippen molar-refractivity contribution in [3.05, 3.63) is 0 Å². The quantitative estimate of drug-likeness (QED) is 0.742. The zero-order valence-corrected chi connectivity index (χ0v) is 11.7. The van der Waals surface area contributed by atoms with Gasteiger partial charge in [0, 0.05) is 25.9 Å². The average Bonchev–Trinajstić information content (AvgIpc) is 2.59. The molecule has 1 rings (SSSR count). The molecule has 1 amide bonds. The van der Waals surface area contributed by atoms with E-state index in [9.17, 15) is 9.59 Å². The zero-order chi connectivity index (χ0) is 13.8. The fraction of sp³-hybridized carbons (Fsp3) is 0.857. The molecule has 0 aliphatic carbocycles. The summed E-state index contributed by atoms with van der Waals surface area (Å²) in [5, 5.41) is 8.53. The van der Waals surface area contributed by atoms with Gasteiger partial charge in [-0.1, -0.05) is 27.2 Å². The first-order valence-corrected chi connectivity index (χ1v) is 6.80. The third-order valence-electron chi connectivity index (χ3n) is 3.76. The molecule has 1 saturated heterocycles. The Morgan fingerprint density at radius 3 is 2.50 bits per heavy atom. The lowest BCUT2D eigenvalue weighted by atomic mass is 9.80. The number of carbonyl (C=O) groups excluding carboxylic acids is 1. The van der Waals surface area contributed by atoms with Crippen LogP contribution >= 0.6 is 0 Å². The minimum absolute atomic E-state index is 0.188. The highest BCUT2D eigenvalue weighted by Crippen LogP contribution is 2.34. The summed E-state index contributed by atoms with van der Waals surface area (Å²) in [6, 6.07) is 0. The van der Waals surface area contributed by atoms with E-state index in [1.54, 1.807) is 0 Å². The number of carboxylic acids is 1. The number of rotatable bonds is 6. The third kappa shape index (κ3) is 4.67. The maximum Gasteiger partial charge on any atom is 0.303 e. The van der Waals surface area contributed by atoms with E-state index in [0.29, 0.717) is 18.8 Å². The molecular formula is C14H25NO3. The number of carboxylic acid groups (broad SMARTS) is 1. The Bertz CT molecular complexity index is 307. The number of unbranched alkanes of at least 4 members (excludes halogenated alkanes) is 2. The van der Waals surface area contributed by atoms with Crippen LogP contribution in [-0.4, -0.2) is 35.0 Å². The van der Waals surface area contributed by atoms with Crippen LogP contribution in [0.15, 0.2) is 0 Å². The van der Waals surface area contributed by atoms with Gasteiger partial charge < -0.3 is 10.0 Å². The Kier molecular flexibility index (Phi) is 5.17. The second-order valence-electron chi connectivity index (χ2n) is 6.31. The average molecular weight is 255 g/mol. The lowest BCUT2D eigenvalue weighted by Crippen LogP contribution is -2.28. The number of aliphatic carboxylic acids is 1. The molecule has 1 heterocycles. The normalized spacial score (nSPS) is 20.5. The summed E-state index contributed by atoms with van der Waals surface area (Å²) in [5.74, 6) is -0.0303. The largest absolute Gasteiger partial charge is 0.481 e. The monoisotopic (exact) mass is 255 g/mol. The van der Waals surface area contributed by atoms with Crippen molar-refractivity contribution in [1.29, 1.82) is 0 Å². The van der Waals surface area contributed by atoms with E-state index >= 15 is 0 Å². The van der Waals surface area contributed by atoms with Gasteiger partial charge in [0.2, 0.25) is 5.91 Å². The number of amides is 1. The maximum absolute atomic E-state index is 11.8. The highest BCUT2D eigenvalue weighted by molar-refractivity contribution is 5.78. The van der Waals surface area contributed by atoms with Crippen LogP contribution in [0.1, 0.15) is 52.9 Å². The van der Waals surface area contributed by atoms with Gasteiger partial charge in [0.1, 0.15) is 0 Å². The lowest BCUT2D eigenvalue weighted by Gasteiger charge is -2.26. The SMILES string of the molecule is CC(C)(C)C1CC(=O)N(CCCCCC(=O)O)C1. The van der Waals surface area contributed by atoms with Crippen molar-refractivity contribution in [2.75, 3.05) is 13.1 Å². The van der Waals surface area contributed by atoms with E-state index in [1.807, 2.05) is 4.90 Å². The van der Waals surface area contributed by atoms with Crippen LogP contribution in [0.5, 0.6) is 0 Å².